The van der Waals surface area contributed by atoms with Crippen molar-refractivity contribution in [3.05, 3.63) is 29.8 Å². The van der Waals surface area contributed by atoms with Gasteiger partial charge in [0.2, 0.25) is 0 Å². The van der Waals surface area contributed by atoms with Crippen LogP contribution in [0.2, 0.25) is 0 Å². The van der Waals surface area contributed by atoms with Gasteiger partial charge in [-0.05, 0) is 31.9 Å². The normalized spacial score (nSPS) is 20.3. The van der Waals surface area contributed by atoms with Gasteiger partial charge in [0.25, 0.3) is 5.91 Å². The molecule has 0 saturated carbocycles. The van der Waals surface area contributed by atoms with Crippen LogP contribution in [0.3, 0.4) is 0 Å². The summed E-state index contributed by atoms with van der Waals surface area (Å²) >= 11 is 0. The molecule has 1 aliphatic rings. The monoisotopic (exact) mass is 316 g/mol. The number of nitrogens with one attached hydrogen (secondary N) is 2. The molecule has 1 amide bonds. The minimum Gasteiger partial charge on any atom is -0.466 e. The Labute approximate surface area is 136 Å². The van der Waals surface area contributed by atoms with E-state index in [0.29, 0.717) is 24.4 Å². The molecule has 122 valence electrons. The van der Waals surface area contributed by atoms with Gasteiger partial charge in [0.15, 0.2) is 6.54 Å². The summed E-state index contributed by atoms with van der Waals surface area (Å²) in [5.41, 5.74) is 0.970. The molecule has 2 atom stereocenters. The van der Waals surface area contributed by atoms with Gasteiger partial charge in [-0.1, -0.05) is 12.1 Å². The summed E-state index contributed by atoms with van der Waals surface area (Å²) in [5.74, 6) is -0.440. The molecule has 6 heteroatoms. The van der Waals surface area contributed by atoms with Gasteiger partial charge >= 0.3 is 5.97 Å². The Morgan fingerprint density at radius 1 is 1.43 bits per heavy atom. The molecule has 1 fully saturated rings. The van der Waals surface area contributed by atoms with E-state index >= 15 is 0 Å². The molecule has 1 saturated heterocycles. The van der Waals surface area contributed by atoms with Gasteiger partial charge in [0.05, 0.1) is 30.9 Å². The number of nitriles is 1. The number of hydrogen-bond donors (Lipinski definition) is 2. The minimum atomic E-state index is -0.167. The van der Waals surface area contributed by atoms with E-state index in [-0.39, 0.29) is 24.3 Å². The minimum absolute atomic E-state index is 0.127. The zero-order chi connectivity index (χ0) is 16.7. The zero-order valence-electron chi connectivity index (χ0n) is 13.3. The van der Waals surface area contributed by atoms with Crippen molar-refractivity contribution >= 4 is 17.6 Å². The van der Waals surface area contributed by atoms with Crippen LogP contribution in [0.4, 0.5) is 5.69 Å². The highest BCUT2D eigenvalue weighted by molar-refractivity contribution is 5.92. The Morgan fingerprint density at radius 3 is 2.96 bits per heavy atom. The molecule has 0 aromatic heterocycles. The average Bonchev–Trinajstić information content (AvgIpc) is 2.55. The van der Waals surface area contributed by atoms with Gasteiger partial charge in [0.1, 0.15) is 12.0 Å². The number of rotatable bonds is 5. The van der Waals surface area contributed by atoms with E-state index in [1.54, 1.807) is 31.2 Å². The number of carbonyl (C=O) groups is 2. The number of likely N-dealkylation sites (tertiary alicyclic amines) is 1. The highest BCUT2D eigenvalue weighted by atomic mass is 16.5. The summed E-state index contributed by atoms with van der Waals surface area (Å²) < 4.78 is 5.07. The molecule has 2 rings (SSSR count). The van der Waals surface area contributed by atoms with Gasteiger partial charge in [-0.3, -0.25) is 9.59 Å². The third kappa shape index (κ3) is 4.80. The number of piperidine rings is 1. The van der Waals surface area contributed by atoms with Crippen molar-refractivity contribution in [2.24, 2.45) is 5.92 Å². The summed E-state index contributed by atoms with van der Waals surface area (Å²) in [6.45, 7) is 3.95. The van der Waals surface area contributed by atoms with Crippen LogP contribution in [0, 0.1) is 17.2 Å². The third-order valence-corrected chi connectivity index (χ3v) is 3.97. The van der Waals surface area contributed by atoms with E-state index in [9.17, 15) is 9.59 Å². The molecule has 6 nitrogen and oxygen atoms in total. The van der Waals surface area contributed by atoms with Gasteiger partial charge in [0, 0.05) is 0 Å². The SMILES string of the molecule is CCOC(=O)[C@@H]1CCC[NH+](CC(=O)Nc2ccccc2C#N)C1. The first kappa shape index (κ1) is 17.0. The van der Waals surface area contributed by atoms with Crippen molar-refractivity contribution in [1.29, 1.82) is 5.26 Å². The van der Waals surface area contributed by atoms with Crippen LogP contribution in [0.15, 0.2) is 24.3 Å². The van der Waals surface area contributed by atoms with Crippen molar-refractivity contribution in [1.82, 2.24) is 0 Å². The number of para-hydroxylation sites is 1. The maximum Gasteiger partial charge on any atom is 0.314 e. The second kappa shape index (κ2) is 8.30. The van der Waals surface area contributed by atoms with Crippen molar-refractivity contribution < 1.29 is 19.2 Å². The van der Waals surface area contributed by atoms with Crippen LogP contribution >= 0.6 is 0 Å². The second-order valence-electron chi connectivity index (χ2n) is 5.68. The number of hydrogen-bond acceptors (Lipinski definition) is 4. The van der Waals surface area contributed by atoms with Crippen LogP contribution in [0.5, 0.6) is 0 Å². The third-order valence-electron chi connectivity index (χ3n) is 3.97. The first-order valence-corrected chi connectivity index (χ1v) is 7.93. The van der Waals surface area contributed by atoms with Gasteiger partial charge in [-0.25, -0.2) is 0 Å². The number of carbonyl (C=O) groups excluding carboxylic acids is 2. The lowest BCUT2D eigenvalue weighted by atomic mass is 9.98. The van der Waals surface area contributed by atoms with Crippen LogP contribution in [-0.4, -0.2) is 38.1 Å². The fourth-order valence-corrected chi connectivity index (χ4v) is 2.88. The number of ether oxygens (including phenoxy) is 1. The molecule has 23 heavy (non-hydrogen) atoms. The van der Waals surface area contributed by atoms with Crippen molar-refractivity contribution in [2.45, 2.75) is 19.8 Å². The summed E-state index contributed by atoms with van der Waals surface area (Å²) in [6.07, 6.45) is 1.72. The molecule has 1 aliphatic heterocycles. The lowest BCUT2D eigenvalue weighted by Gasteiger charge is -2.28. The van der Waals surface area contributed by atoms with Crippen LogP contribution in [0.1, 0.15) is 25.3 Å². The maximum absolute atomic E-state index is 12.2. The van der Waals surface area contributed by atoms with Crippen molar-refractivity contribution in [3.8, 4) is 6.07 Å². The van der Waals surface area contributed by atoms with E-state index in [2.05, 4.69) is 11.4 Å². The lowest BCUT2D eigenvalue weighted by Crippen LogP contribution is -3.14. The van der Waals surface area contributed by atoms with E-state index in [4.69, 9.17) is 10.00 Å². The molecular weight excluding hydrogens is 294 g/mol. The first-order valence-electron chi connectivity index (χ1n) is 7.93. The van der Waals surface area contributed by atoms with Gasteiger partial charge < -0.3 is 15.0 Å². The number of amides is 1. The van der Waals surface area contributed by atoms with Crippen LogP contribution < -0.4 is 10.2 Å². The summed E-state index contributed by atoms with van der Waals surface area (Å²) in [7, 11) is 0. The van der Waals surface area contributed by atoms with E-state index in [1.165, 1.54) is 0 Å². The Hall–Kier alpha value is -2.39. The Balaban J connectivity index is 1.90. The Morgan fingerprint density at radius 2 is 2.22 bits per heavy atom. The molecule has 1 aromatic carbocycles. The molecule has 0 spiro atoms. The Kier molecular flexibility index (Phi) is 6.12. The first-order chi connectivity index (χ1) is 11.1. The standard InChI is InChI=1S/C17H21N3O3/c1-2-23-17(22)14-7-5-9-20(11-14)12-16(21)19-15-8-4-3-6-13(15)10-18/h3-4,6,8,14H,2,5,7,9,11-12H2,1H3,(H,19,21)/p+1/t14-/m1/s1. The topological polar surface area (TPSA) is 83.6 Å². The molecule has 2 N–H and O–H groups in total. The van der Waals surface area contributed by atoms with E-state index < -0.39 is 0 Å². The van der Waals surface area contributed by atoms with E-state index in [1.807, 2.05) is 0 Å². The fraction of sp³-hybridized carbons (Fsp3) is 0.471. The number of anilines is 1. The molecule has 1 aromatic rings. The van der Waals surface area contributed by atoms with Crippen molar-refractivity contribution in [2.75, 3.05) is 31.6 Å². The molecule has 0 bridgehead atoms. The summed E-state index contributed by atoms with van der Waals surface area (Å²) in [5, 5.41) is 11.8. The quantitative estimate of drug-likeness (QED) is 0.768. The van der Waals surface area contributed by atoms with E-state index in [0.717, 1.165) is 24.3 Å². The largest absolute Gasteiger partial charge is 0.466 e. The molecule has 0 radical (unpaired) electrons. The number of esters is 1. The Bertz CT molecular complexity index is 609. The molecule has 0 aliphatic carbocycles. The number of quaternary nitrogens is 1. The van der Waals surface area contributed by atoms with Gasteiger partial charge in [-0.2, -0.15) is 5.26 Å². The molecular formula is C17H22N3O3+. The second-order valence-corrected chi connectivity index (χ2v) is 5.68. The van der Waals surface area contributed by atoms with Crippen molar-refractivity contribution in [3.63, 3.8) is 0 Å². The average molecular weight is 316 g/mol. The summed E-state index contributed by atoms with van der Waals surface area (Å²) in [6, 6.07) is 8.97. The molecule has 1 heterocycles. The predicted molar refractivity (Wildman–Crippen MR) is 84.7 cm³/mol. The van der Waals surface area contributed by atoms with Gasteiger partial charge in [-0.15, -0.1) is 0 Å². The lowest BCUT2D eigenvalue weighted by molar-refractivity contribution is -0.899. The smallest absolute Gasteiger partial charge is 0.314 e. The zero-order valence-corrected chi connectivity index (χ0v) is 13.3. The summed E-state index contributed by atoms with van der Waals surface area (Å²) in [4.78, 5) is 25.1. The number of nitrogens with zero attached hydrogens (tertiary/aromatic N) is 1. The van der Waals surface area contributed by atoms with Crippen LogP contribution in [-0.2, 0) is 14.3 Å². The maximum atomic E-state index is 12.2. The highest BCUT2D eigenvalue weighted by Gasteiger charge is 2.30. The molecule has 1 unspecified atom stereocenters. The van der Waals surface area contributed by atoms with Crippen LogP contribution in [0.25, 0.3) is 0 Å². The fourth-order valence-electron chi connectivity index (χ4n) is 2.88. The highest BCUT2D eigenvalue weighted by Crippen LogP contribution is 2.13. The number of benzene rings is 1. The predicted octanol–water partition coefficient (Wildman–Crippen LogP) is 0.355.